The second-order valence-electron chi connectivity index (χ2n) is 24.3. The molecule has 0 saturated carbocycles. The first-order valence-corrected chi connectivity index (χ1v) is 38.4. The van der Waals surface area contributed by atoms with Gasteiger partial charge in [0.1, 0.15) is 22.8 Å². The molecule has 0 radical (unpaired) electrons. The van der Waals surface area contributed by atoms with Crippen LogP contribution in [-0.4, -0.2) is 102 Å². The van der Waals surface area contributed by atoms with E-state index in [-0.39, 0.29) is 34.5 Å². The van der Waals surface area contributed by atoms with Gasteiger partial charge in [-0.05, 0) is 247 Å². The van der Waals surface area contributed by atoms with Crippen LogP contribution in [0.2, 0.25) is 0 Å². The van der Waals surface area contributed by atoms with E-state index >= 15 is 0 Å². The summed E-state index contributed by atoms with van der Waals surface area (Å²) in [4.78, 5) is 103. The molecule has 10 aromatic heterocycles. The summed E-state index contributed by atoms with van der Waals surface area (Å²) >= 11 is 14.7. The average Bonchev–Trinajstić information content (AvgIpc) is 0.852. The van der Waals surface area contributed by atoms with Crippen LogP contribution in [0.25, 0.3) is 75.1 Å². The molecule has 0 unspecified atom stereocenters. The number of amides is 1. The van der Waals surface area contributed by atoms with Gasteiger partial charge in [0.15, 0.2) is 11.6 Å². The lowest BCUT2D eigenvalue weighted by Crippen LogP contribution is -2.14. The third-order valence-corrected chi connectivity index (χ3v) is 20.4. The van der Waals surface area contributed by atoms with Crippen LogP contribution in [-0.2, 0) is 12.8 Å². The number of H-pyrrole nitrogens is 2. The standard InChI is InChI=1S/C24H20N4O2S.C16H10BrN3OS.C8H9BrN2O.C8H8BrNO2.C8H5NO2S.C8H9NO2.C8H11NO/c1-15-11-18(30-9-2-3-16-4-7-25-8-5-16)13-19-22(15)27-23(28-24(19)29)20-12-17-6-10-31-21(17)14-26-20;1-8-4-10(17)6-11-14(8)19-15(20-16(11)21)12-5-9-2-3-22-13(9)7-18-12;2*1-4-2-5(9)3-6(7(4)10)8(11)12;10-8(11)6-3-5-1-2-12-7(5)4-9-6;1-5-3-2-4-6(7(5)9)8(10)11;10-7-1-2-8-3-5-9-6-4-8/h4-8,10-14H,2-3,9H2,1H3,(H,27,28,29);2-7H,1H3,(H,19,20,21);2-3H,10H2,1H3,(H2,11,12);2-3H,10H2,1H3,(H,11,12);1-4H,(H,10,11);2-4H,9H2,1H3,(H,10,11);3-6,10H,1-2,7H2. The Bertz CT molecular complexity index is 5880. The molecular weight excluding hydrogens is 1650 g/mol. The van der Waals surface area contributed by atoms with Crippen molar-refractivity contribution in [3.63, 3.8) is 0 Å². The van der Waals surface area contributed by atoms with E-state index in [1.54, 1.807) is 121 Å². The molecule has 0 fully saturated rings. The maximum Gasteiger partial charge on any atom is 0.354 e. The van der Waals surface area contributed by atoms with Crippen LogP contribution in [0.4, 0.5) is 17.1 Å². The summed E-state index contributed by atoms with van der Waals surface area (Å²) < 4.78 is 11.6. The highest BCUT2D eigenvalue weighted by molar-refractivity contribution is 9.11. The number of primary amides is 1. The molecule has 15 aromatic rings. The second-order valence-corrected chi connectivity index (χ2v) is 29.9. The molecule has 24 nitrogen and oxygen atoms in total. The van der Waals surface area contributed by atoms with Gasteiger partial charge in [0, 0.05) is 80.5 Å². The molecule has 0 spiro atoms. The topological polar surface area (TPSA) is 418 Å². The summed E-state index contributed by atoms with van der Waals surface area (Å²) in [6.07, 6.45) is 15.9. The normalized spacial score (nSPS) is 10.6. The van der Waals surface area contributed by atoms with E-state index in [2.05, 4.69) is 87.7 Å². The predicted molar refractivity (Wildman–Crippen MR) is 448 cm³/mol. The fourth-order valence-electron chi connectivity index (χ4n) is 10.7. The second kappa shape index (κ2) is 39.0. The van der Waals surface area contributed by atoms with Crippen molar-refractivity contribution >= 4 is 175 Å². The van der Waals surface area contributed by atoms with Crippen molar-refractivity contribution in [2.45, 2.75) is 60.3 Å². The van der Waals surface area contributed by atoms with E-state index in [4.69, 9.17) is 53.1 Å². The molecule has 0 saturated heterocycles. The van der Waals surface area contributed by atoms with Crippen LogP contribution in [0.3, 0.4) is 0 Å². The average molecular weight is 1730 g/mol. The van der Waals surface area contributed by atoms with Crippen LogP contribution in [0.1, 0.15) is 93.3 Å². The van der Waals surface area contributed by atoms with Crippen molar-refractivity contribution in [2.24, 2.45) is 5.73 Å². The molecule has 15 rings (SSSR count). The van der Waals surface area contributed by atoms with Gasteiger partial charge in [-0.25, -0.2) is 29.3 Å². The van der Waals surface area contributed by atoms with Gasteiger partial charge in [-0.2, -0.15) is 0 Å². The molecule has 0 aliphatic rings. The largest absolute Gasteiger partial charge is 0.494 e. The molecule has 0 bridgehead atoms. The zero-order valence-electron chi connectivity index (χ0n) is 59.6. The molecule has 0 aliphatic heterocycles. The maximum atomic E-state index is 12.8. The number of rotatable bonds is 14. The number of hydrogen-bond acceptors (Lipinski definition) is 21. The van der Waals surface area contributed by atoms with Crippen LogP contribution < -0.4 is 38.8 Å². The van der Waals surface area contributed by atoms with Crippen molar-refractivity contribution in [3.8, 4) is 28.8 Å². The number of carbonyl (C=O) groups is 4. The summed E-state index contributed by atoms with van der Waals surface area (Å²) in [6.45, 7) is 10.1. The van der Waals surface area contributed by atoms with E-state index in [9.17, 15) is 28.8 Å². The summed E-state index contributed by atoms with van der Waals surface area (Å²) in [6, 6.07) is 38.5. The minimum atomic E-state index is -1.00. The highest BCUT2D eigenvalue weighted by Gasteiger charge is 2.16. The zero-order chi connectivity index (χ0) is 79.3. The Morgan fingerprint density at radius 2 is 0.918 bits per heavy atom. The van der Waals surface area contributed by atoms with Gasteiger partial charge in [-0.15, -0.1) is 34.0 Å². The molecule has 0 aliphatic carbocycles. The minimum absolute atomic E-state index is 0.0981. The van der Waals surface area contributed by atoms with Gasteiger partial charge < -0.3 is 58.1 Å². The molecular formula is C80H72Br3N13O11S3. The number of nitrogens with two attached hydrogens (primary N) is 4. The quantitative estimate of drug-likeness (QED) is 0.0357. The number of aromatic nitrogens is 9. The Morgan fingerprint density at radius 1 is 0.482 bits per heavy atom. The number of nitrogens with zero attached hydrogens (tertiary/aromatic N) is 7. The van der Waals surface area contributed by atoms with Crippen molar-refractivity contribution in [1.29, 1.82) is 0 Å². The number of aryl methyl sites for hydroxylation is 7. The number of aliphatic hydroxyl groups excluding tert-OH is 1. The lowest BCUT2D eigenvalue weighted by atomic mass is 10.1. The number of hydrogen-bond donors (Lipinski definition) is 10. The monoisotopic (exact) mass is 1720 g/mol. The van der Waals surface area contributed by atoms with E-state index in [1.165, 1.54) is 23.3 Å². The summed E-state index contributed by atoms with van der Waals surface area (Å²) in [5, 5.41) is 44.6. The maximum absolute atomic E-state index is 12.8. The van der Waals surface area contributed by atoms with Gasteiger partial charge in [0.2, 0.25) is 0 Å². The number of carbonyl (C=O) groups excluding carboxylic acids is 1. The van der Waals surface area contributed by atoms with E-state index < -0.39 is 23.8 Å². The van der Waals surface area contributed by atoms with Crippen molar-refractivity contribution in [2.75, 3.05) is 30.4 Å². The third kappa shape index (κ3) is 22.3. The SMILES string of the molecule is Cc1cc(Br)cc(C(=O)O)c1N.Cc1cc(Br)cc(C(N)=O)c1N.Cc1cc(Br)cc2c(=O)[nH]c(-c3cc4ccsc4cn3)nc12.Cc1cc(OCCCc2ccncc2)cc2c(=O)[nH]c(-c3cc4ccsc4cn3)nc12.Cc1cccc(C(=O)O)c1N.O=C(O)c1cc2ccsc2cn1.OCCCc1ccncc1. The van der Waals surface area contributed by atoms with E-state index in [0.717, 1.165) is 97.2 Å². The number of carboxylic acid groups (broad SMARTS) is 3. The number of carboxylic acids is 3. The van der Waals surface area contributed by atoms with Crippen LogP contribution >= 0.6 is 81.8 Å². The number of benzene rings is 5. The molecule has 562 valence electrons. The summed E-state index contributed by atoms with van der Waals surface area (Å²) in [5.74, 6) is -1.82. The highest BCUT2D eigenvalue weighted by atomic mass is 79.9. The molecule has 10 heterocycles. The molecule has 14 N–H and O–H groups in total. The third-order valence-electron chi connectivity index (χ3n) is 16.4. The molecule has 5 aromatic carbocycles. The number of thiophene rings is 3. The van der Waals surface area contributed by atoms with Gasteiger partial charge in [0.05, 0.1) is 59.2 Å². The fourth-order valence-corrected chi connectivity index (χ4v) is 14.6. The highest BCUT2D eigenvalue weighted by Crippen LogP contribution is 2.30. The lowest BCUT2D eigenvalue weighted by Gasteiger charge is -2.10. The Labute approximate surface area is 666 Å². The van der Waals surface area contributed by atoms with Gasteiger partial charge in [-0.1, -0.05) is 59.9 Å². The van der Waals surface area contributed by atoms with Crippen LogP contribution in [0, 0.1) is 34.6 Å². The number of nitrogen functional groups attached to an aromatic ring is 3. The first kappa shape index (κ1) is 82.5. The number of aliphatic hydroxyl groups is 1. The number of aromatic carboxylic acids is 3. The van der Waals surface area contributed by atoms with Crippen molar-refractivity contribution < 1.29 is 44.3 Å². The van der Waals surface area contributed by atoms with Crippen LogP contribution in [0.15, 0.2) is 210 Å². The molecule has 0 atom stereocenters. The lowest BCUT2D eigenvalue weighted by molar-refractivity contribution is 0.0682. The number of anilines is 3. The fraction of sp³-hybridized carbons (Fsp3) is 0.138. The number of nitrogens with one attached hydrogen (secondary N) is 2. The number of pyridine rings is 5. The van der Waals surface area contributed by atoms with E-state index in [0.29, 0.717) is 79.8 Å². The minimum Gasteiger partial charge on any atom is -0.494 e. The van der Waals surface area contributed by atoms with Crippen LogP contribution in [0.5, 0.6) is 5.75 Å². The van der Waals surface area contributed by atoms with Crippen molar-refractivity contribution in [3.05, 3.63) is 282 Å². The number of halogens is 3. The number of para-hydroxylation sites is 1. The first-order valence-electron chi connectivity index (χ1n) is 33.4. The predicted octanol–water partition coefficient (Wildman–Crippen LogP) is 16.9. The van der Waals surface area contributed by atoms with Gasteiger partial charge in [-0.3, -0.25) is 34.3 Å². The van der Waals surface area contributed by atoms with Gasteiger partial charge >= 0.3 is 17.9 Å². The Hall–Kier alpha value is -11.5. The summed E-state index contributed by atoms with van der Waals surface area (Å²) in [5.41, 5.74) is 32.8. The Balaban J connectivity index is 0.000000155. The number of fused-ring (bicyclic) bond motifs is 5. The van der Waals surface area contributed by atoms with Gasteiger partial charge in [0.25, 0.3) is 17.0 Å². The molecule has 30 heteroatoms. The number of ether oxygens (including phenoxy) is 1. The Morgan fingerprint density at radius 3 is 1.40 bits per heavy atom. The van der Waals surface area contributed by atoms with E-state index in [1.807, 2.05) is 122 Å². The molecule has 110 heavy (non-hydrogen) atoms. The summed E-state index contributed by atoms with van der Waals surface area (Å²) in [7, 11) is 0. The Kier molecular flexibility index (Phi) is 29.3. The first-order chi connectivity index (χ1) is 52.7. The molecule has 1 amide bonds. The zero-order valence-corrected chi connectivity index (χ0v) is 66.8. The van der Waals surface area contributed by atoms with Crippen molar-refractivity contribution in [1.82, 2.24) is 44.9 Å². The smallest absolute Gasteiger partial charge is 0.354 e. The number of aromatic amines is 2.